The van der Waals surface area contributed by atoms with Crippen LogP contribution in [-0.4, -0.2) is 44.2 Å². The highest BCUT2D eigenvalue weighted by atomic mass is 31.1. The van der Waals surface area contributed by atoms with E-state index in [9.17, 15) is 9.69 Å². The summed E-state index contributed by atoms with van der Waals surface area (Å²) in [6, 6.07) is 5.81. The van der Waals surface area contributed by atoms with E-state index in [1.165, 1.54) is 19.3 Å². The minimum atomic E-state index is -2.53. The number of ether oxygens (including phenoxy) is 2. The number of aromatic nitrogens is 4. The Morgan fingerprint density at radius 3 is 2.81 bits per heavy atom. The van der Waals surface area contributed by atoms with Crippen LogP contribution in [0.25, 0.3) is 11.2 Å². The van der Waals surface area contributed by atoms with Crippen LogP contribution in [0.3, 0.4) is 0 Å². The number of esters is 1. The van der Waals surface area contributed by atoms with E-state index in [0.717, 1.165) is 0 Å². The van der Waals surface area contributed by atoms with E-state index in [1.54, 1.807) is 35.2 Å². The molecule has 2 heterocycles. The van der Waals surface area contributed by atoms with E-state index in [-0.39, 0.29) is 18.5 Å². The number of carbonyl (C=O) groups is 1. The average Bonchev–Trinajstić information content (AvgIpc) is 3.17. The number of rotatable bonds is 10. The Labute approximate surface area is 185 Å². The summed E-state index contributed by atoms with van der Waals surface area (Å²) in [5.74, 6) is 0.292. The highest BCUT2D eigenvalue weighted by molar-refractivity contribution is 7.34. The first-order valence-corrected chi connectivity index (χ1v) is 10.8. The smallest absolute Gasteiger partial charge is 0.395 e. The number of imidazole rings is 1. The van der Waals surface area contributed by atoms with Crippen molar-refractivity contribution in [3.63, 3.8) is 0 Å². The first-order valence-electron chi connectivity index (χ1n) is 9.69. The Bertz CT molecular complexity index is 1130. The van der Waals surface area contributed by atoms with Gasteiger partial charge in [-0.05, 0) is 26.0 Å². The molecule has 1 unspecified atom stereocenters. The molecule has 3 atom stereocenters. The molecule has 11 nitrogen and oxygen atoms in total. The van der Waals surface area contributed by atoms with Crippen LogP contribution >= 0.6 is 8.17 Å². The number of nitrogen functional groups attached to an aromatic ring is 1. The second kappa shape index (κ2) is 10.7. The second-order valence-electron chi connectivity index (χ2n) is 6.74. The lowest BCUT2D eigenvalue weighted by atomic mass is 10.3. The van der Waals surface area contributed by atoms with Gasteiger partial charge in [-0.1, -0.05) is 29.5 Å². The molecule has 168 valence electrons. The molecule has 0 aliphatic carbocycles. The molecule has 0 aliphatic rings. The molecule has 0 bridgehead atoms. The molecular formula is C20H23N6O5P. The maximum Gasteiger partial charge on any atom is 0.395 e. The Kier molecular flexibility index (Phi) is 7.69. The van der Waals surface area contributed by atoms with Crippen LogP contribution in [-0.2, 0) is 16.1 Å². The van der Waals surface area contributed by atoms with Gasteiger partial charge in [0.05, 0.1) is 12.9 Å². The van der Waals surface area contributed by atoms with Crippen molar-refractivity contribution >= 4 is 31.1 Å². The molecule has 0 fully saturated rings. The summed E-state index contributed by atoms with van der Waals surface area (Å²) >= 11 is 0. The van der Waals surface area contributed by atoms with Crippen LogP contribution in [0.1, 0.15) is 13.8 Å². The lowest BCUT2D eigenvalue weighted by Crippen LogP contribution is -2.20. The highest BCUT2D eigenvalue weighted by Crippen LogP contribution is 2.34. The number of anilines is 1. The zero-order valence-corrected chi connectivity index (χ0v) is 18.5. The minimum Gasteiger partial charge on any atom is -0.575 e. The van der Waals surface area contributed by atoms with Crippen molar-refractivity contribution in [3.8, 4) is 11.5 Å². The number of carbonyl (C=O) groups excluding carboxylic acids is 1. The highest BCUT2D eigenvalue weighted by Gasteiger charge is 2.20. The normalized spacial score (nSPS) is 13.4. The fourth-order valence-corrected chi connectivity index (χ4v) is 3.49. The molecule has 3 aromatic rings. The molecule has 0 amide bonds. The van der Waals surface area contributed by atoms with Crippen LogP contribution in [0, 0.1) is 0 Å². The van der Waals surface area contributed by atoms with Gasteiger partial charge in [-0.25, -0.2) is 19.7 Å². The van der Waals surface area contributed by atoms with Gasteiger partial charge >= 0.3 is 14.1 Å². The van der Waals surface area contributed by atoms with Crippen molar-refractivity contribution in [2.24, 2.45) is 4.74 Å². The van der Waals surface area contributed by atoms with Crippen LogP contribution in [0.4, 0.5) is 5.82 Å². The van der Waals surface area contributed by atoms with Crippen molar-refractivity contribution in [2.45, 2.75) is 32.5 Å². The SMILES string of the molecule is C=CCOC(=O)[C@H](C)N=[P+]([O-])Oc1ccccc1O[C@H](C)Cn1cnc2c(N)ncnc21. The quantitative estimate of drug-likeness (QED) is 0.274. The van der Waals surface area contributed by atoms with Crippen LogP contribution in [0.15, 0.2) is 54.3 Å². The third-order valence-electron chi connectivity index (χ3n) is 4.19. The van der Waals surface area contributed by atoms with Crippen molar-refractivity contribution in [3.05, 3.63) is 49.6 Å². The molecule has 0 aliphatic heterocycles. The van der Waals surface area contributed by atoms with E-state index in [0.29, 0.717) is 29.3 Å². The van der Waals surface area contributed by atoms with Crippen LogP contribution in [0.5, 0.6) is 11.5 Å². The lowest BCUT2D eigenvalue weighted by molar-refractivity contribution is -0.169. The molecule has 0 saturated carbocycles. The third-order valence-corrected chi connectivity index (χ3v) is 5.08. The summed E-state index contributed by atoms with van der Waals surface area (Å²) in [5.41, 5.74) is 6.93. The fourth-order valence-electron chi connectivity index (χ4n) is 2.74. The Morgan fingerprint density at radius 2 is 2.06 bits per heavy atom. The first-order chi connectivity index (χ1) is 15.4. The topological polar surface area (TPSA) is 150 Å². The summed E-state index contributed by atoms with van der Waals surface area (Å²) in [6.07, 6.45) is 4.10. The van der Waals surface area contributed by atoms with Crippen molar-refractivity contribution in [2.75, 3.05) is 12.3 Å². The fraction of sp³-hybridized carbons (Fsp3) is 0.300. The Balaban J connectivity index is 1.68. The molecule has 2 aromatic heterocycles. The van der Waals surface area contributed by atoms with E-state index in [1.807, 2.05) is 6.92 Å². The minimum absolute atomic E-state index is 0.0513. The van der Waals surface area contributed by atoms with Gasteiger partial charge in [0.25, 0.3) is 0 Å². The average molecular weight is 458 g/mol. The number of benzene rings is 1. The molecule has 0 spiro atoms. The van der Waals surface area contributed by atoms with E-state index in [4.69, 9.17) is 19.7 Å². The zero-order valence-electron chi connectivity index (χ0n) is 17.6. The van der Waals surface area contributed by atoms with Gasteiger partial charge in [0, 0.05) is 0 Å². The Morgan fingerprint density at radius 1 is 1.31 bits per heavy atom. The number of para-hydroxylation sites is 2. The zero-order chi connectivity index (χ0) is 23.1. The van der Waals surface area contributed by atoms with Crippen LogP contribution < -0.4 is 19.9 Å². The van der Waals surface area contributed by atoms with E-state index < -0.39 is 20.2 Å². The van der Waals surface area contributed by atoms with Gasteiger partial charge in [0.1, 0.15) is 24.6 Å². The number of fused-ring (bicyclic) bond motifs is 1. The molecule has 3 rings (SSSR count). The van der Waals surface area contributed by atoms with Gasteiger partial charge in [0.2, 0.25) is 5.75 Å². The molecule has 1 aromatic carbocycles. The monoisotopic (exact) mass is 458 g/mol. The van der Waals surface area contributed by atoms with Gasteiger partial charge in [0.15, 0.2) is 23.3 Å². The van der Waals surface area contributed by atoms with Gasteiger partial charge < -0.3 is 24.7 Å². The lowest BCUT2D eigenvalue weighted by Gasteiger charge is -2.16. The van der Waals surface area contributed by atoms with Crippen LogP contribution in [0.2, 0.25) is 0 Å². The summed E-state index contributed by atoms with van der Waals surface area (Å²) in [5, 5.41) is 0. The van der Waals surface area contributed by atoms with Crippen molar-refractivity contribution < 1.29 is 23.7 Å². The summed E-state index contributed by atoms with van der Waals surface area (Å²) in [6.45, 7) is 7.26. The molecule has 12 heteroatoms. The molecular weight excluding hydrogens is 435 g/mol. The summed E-state index contributed by atoms with van der Waals surface area (Å²) < 4.78 is 21.9. The second-order valence-corrected chi connectivity index (χ2v) is 7.63. The Hall–Kier alpha value is -3.56. The number of hydrogen-bond acceptors (Lipinski definition) is 10. The van der Waals surface area contributed by atoms with Gasteiger partial charge in [-0.2, -0.15) is 0 Å². The largest absolute Gasteiger partial charge is 0.575 e. The van der Waals surface area contributed by atoms with Crippen molar-refractivity contribution in [1.82, 2.24) is 19.5 Å². The first kappa shape index (κ1) is 23.1. The summed E-state index contributed by atoms with van der Waals surface area (Å²) in [7, 11) is -2.53. The van der Waals surface area contributed by atoms with Crippen molar-refractivity contribution in [1.29, 1.82) is 0 Å². The maximum atomic E-state index is 12.3. The predicted molar refractivity (Wildman–Crippen MR) is 117 cm³/mol. The predicted octanol–water partition coefficient (Wildman–Crippen LogP) is 2.23. The standard InChI is InChI=1S/C20H23N6O5P/c1-4-9-29-20(27)14(3)25-32(28)31-16-8-6-5-7-15(16)30-13(2)10-26-12-24-17-18(21)22-11-23-19(17)26/h4-8,11-14H,1,9-10H2,2-3H3,(H2,21,22,23)/t13-,14+/m1/s1. The van der Waals surface area contributed by atoms with E-state index >= 15 is 0 Å². The molecule has 0 saturated heterocycles. The number of hydrogen-bond donors (Lipinski definition) is 1. The summed E-state index contributed by atoms with van der Waals surface area (Å²) in [4.78, 5) is 36.5. The molecule has 2 N–H and O–H groups in total. The molecule has 0 radical (unpaired) electrons. The number of nitrogens with zero attached hydrogens (tertiary/aromatic N) is 5. The van der Waals surface area contributed by atoms with Gasteiger partial charge in [-0.15, -0.1) is 0 Å². The maximum absolute atomic E-state index is 12.3. The van der Waals surface area contributed by atoms with E-state index in [2.05, 4.69) is 26.3 Å². The third kappa shape index (κ3) is 5.77. The van der Waals surface area contributed by atoms with Gasteiger partial charge in [-0.3, -0.25) is 4.52 Å². The number of nitrogens with two attached hydrogens (primary N) is 1. The molecule has 32 heavy (non-hydrogen) atoms.